The Bertz CT molecular complexity index is 1280. The van der Waals surface area contributed by atoms with Gasteiger partial charge in [0.25, 0.3) is 5.91 Å². The quantitative estimate of drug-likeness (QED) is 0.439. The van der Waals surface area contributed by atoms with Crippen LogP contribution in [-0.4, -0.2) is 41.8 Å². The zero-order valence-electron chi connectivity index (χ0n) is 17.9. The van der Waals surface area contributed by atoms with Crippen molar-refractivity contribution < 1.29 is 9.59 Å². The van der Waals surface area contributed by atoms with Gasteiger partial charge < -0.3 is 0 Å². The molecule has 166 valence electrons. The van der Waals surface area contributed by atoms with Crippen LogP contribution in [0, 0.1) is 5.92 Å². The molecule has 0 aliphatic heterocycles. The Kier molecular flexibility index (Phi) is 5.39. The van der Waals surface area contributed by atoms with Crippen LogP contribution in [0.3, 0.4) is 0 Å². The third kappa shape index (κ3) is 4.64. The van der Waals surface area contributed by atoms with Crippen LogP contribution >= 0.6 is 0 Å². The minimum absolute atomic E-state index is 0.146. The molecule has 1 aliphatic rings. The number of amides is 2. The highest BCUT2D eigenvalue weighted by Crippen LogP contribution is 2.47. The fraction of sp³-hybridized carbons (Fsp3) is 0.217. The number of hydrogen-bond donors (Lipinski definition) is 2. The second-order valence-corrected chi connectivity index (χ2v) is 8.05. The Hall–Kier alpha value is -4.34. The van der Waals surface area contributed by atoms with Crippen molar-refractivity contribution in [1.29, 1.82) is 0 Å². The van der Waals surface area contributed by atoms with E-state index in [1.165, 1.54) is 4.80 Å². The smallest absolute Gasteiger partial charge is 0.269 e. The monoisotopic (exact) mass is 442 g/mol. The van der Waals surface area contributed by atoms with Crippen LogP contribution in [0.25, 0.3) is 11.4 Å². The number of carbonyl (C=O) groups is 2. The normalized spacial score (nSPS) is 16.9. The average Bonchev–Trinajstić information content (AvgIpc) is 3.30. The second kappa shape index (κ2) is 8.65. The number of aromatic nitrogens is 6. The van der Waals surface area contributed by atoms with Gasteiger partial charge in [-0.05, 0) is 40.8 Å². The van der Waals surface area contributed by atoms with Crippen LogP contribution in [0.4, 0.5) is 0 Å². The molecule has 5 rings (SSSR count). The summed E-state index contributed by atoms with van der Waals surface area (Å²) in [7, 11) is 1.84. The van der Waals surface area contributed by atoms with Crippen LogP contribution in [0.5, 0.6) is 0 Å². The molecule has 1 saturated carbocycles. The summed E-state index contributed by atoms with van der Waals surface area (Å²) in [6.45, 7) is 0.426. The number of aryl methyl sites for hydroxylation is 1. The van der Waals surface area contributed by atoms with Gasteiger partial charge in [0.15, 0.2) is 0 Å². The first-order chi connectivity index (χ1) is 16.1. The lowest BCUT2D eigenvalue weighted by Gasteiger charge is -2.08. The van der Waals surface area contributed by atoms with E-state index in [9.17, 15) is 9.59 Å². The molecule has 10 nitrogen and oxygen atoms in total. The first-order valence-corrected chi connectivity index (χ1v) is 10.6. The molecule has 2 N–H and O–H groups in total. The average molecular weight is 442 g/mol. The Morgan fingerprint density at radius 2 is 1.85 bits per heavy atom. The summed E-state index contributed by atoms with van der Waals surface area (Å²) < 4.78 is 1.72. The molecule has 0 bridgehead atoms. The van der Waals surface area contributed by atoms with E-state index >= 15 is 0 Å². The van der Waals surface area contributed by atoms with Crippen molar-refractivity contribution in [2.45, 2.75) is 18.9 Å². The number of carbonyl (C=O) groups excluding carboxylic acids is 2. The van der Waals surface area contributed by atoms with Gasteiger partial charge in [-0.25, -0.2) is 0 Å². The molecule has 10 heteroatoms. The molecule has 1 fully saturated rings. The molecule has 2 heterocycles. The number of rotatable bonds is 6. The van der Waals surface area contributed by atoms with Crippen molar-refractivity contribution in [1.82, 2.24) is 40.8 Å². The van der Waals surface area contributed by atoms with Gasteiger partial charge in [-0.2, -0.15) is 9.90 Å². The molecule has 1 aliphatic carbocycles. The molecule has 2 amide bonds. The van der Waals surface area contributed by atoms with Gasteiger partial charge in [-0.15, -0.1) is 10.2 Å². The van der Waals surface area contributed by atoms with Crippen LogP contribution in [0.2, 0.25) is 0 Å². The minimum Gasteiger partial charge on any atom is -0.276 e. The van der Waals surface area contributed by atoms with E-state index in [1.54, 1.807) is 23.0 Å². The number of nitrogens with zero attached hydrogens (tertiary/aromatic N) is 6. The van der Waals surface area contributed by atoms with E-state index in [0.29, 0.717) is 17.9 Å². The molecular formula is C23H22N8O2. The molecule has 0 saturated heterocycles. The molecular weight excluding hydrogens is 420 g/mol. The lowest BCUT2D eigenvalue weighted by atomic mass is 10.1. The Morgan fingerprint density at radius 1 is 1.06 bits per heavy atom. The molecule has 2 atom stereocenters. The van der Waals surface area contributed by atoms with Crippen LogP contribution in [0.1, 0.15) is 33.8 Å². The lowest BCUT2D eigenvalue weighted by molar-refractivity contribution is -0.123. The lowest BCUT2D eigenvalue weighted by Crippen LogP contribution is -2.42. The van der Waals surface area contributed by atoms with E-state index in [2.05, 4.69) is 31.4 Å². The molecule has 33 heavy (non-hydrogen) atoms. The number of nitrogens with one attached hydrogen (secondary N) is 2. The van der Waals surface area contributed by atoms with Crippen LogP contribution in [-0.2, 0) is 18.4 Å². The molecule has 0 radical (unpaired) electrons. The summed E-state index contributed by atoms with van der Waals surface area (Å²) in [5.74, 6) is -0.00156. The molecule has 4 aromatic rings. The highest BCUT2D eigenvalue weighted by atomic mass is 16.2. The van der Waals surface area contributed by atoms with Gasteiger partial charge in [-0.1, -0.05) is 42.5 Å². The topological polar surface area (TPSA) is 120 Å². The van der Waals surface area contributed by atoms with Gasteiger partial charge in [0.05, 0.1) is 12.7 Å². The highest BCUT2D eigenvalue weighted by molar-refractivity contribution is 5.96. The number of benzene rings is 2. The van der Waals surface area contributed by atoms with Crippen molar-refractivity contribution in [3.05, 3.63) is 83.7 Å². The van der Waals surface area contributed by atoms with Crippen LogP contribution < -0.4 is 10.9 Å². The summed E-state index contributed by atoms with van der Waals surface area (Å²) in [4.78, 5) is 26.2. The van der Waals surface area contributed by atoms with Crippen molar-refractivity contribution in [3.63, 3.8) is 0 Å². The Morgan fingerprint density at radius 3 is 2.58 bits per heavy atom. The molecule has 2 unspecified atom stereocenters. The standard InChI is InChI=1S/C23H22N8O2/c1-30-14-18(12-24-30)19-11-20(19)23(33)27-26-22(32)17-9-7-15(8-10-17)13-31-28-21(25-29-31)16-5-3-2-4-6-16/h2-10,12,14,19-20H,11,13H2,1H3,(H,26,32)(H,27,33). The third-order valence-corrected chi connectivity index (χ3v) is 5.60. The Balaban J connectivity index is 1.13. The maximum Gasteiger partial charge on any atom is 0.269 e. The fourth-order valence-corrected chi connectivity index (χ4v) is 3.71. The van der Waals surface area contributed by atoms with E-state index in [0.717, 1.165) is 23.1 Å². The maximum atomic E-state index is 12.4. The van der Waals surface area contributed by atoms with E-state index < -0.39 is 0 Å². The fourth-order valence-electron chi connectivity index (χ4n) is 3.71. The molecule has 0 spiro atoms. The zero-order chi connectivity index (χ0) is 22.8. The predicted octanol–water partition coefficient (Wildman–Crippen LogP) is 1.69. The number of tetrazole rings is 1. The van der Waals surface area contributed by atoms with Crippen molar-refractivity contribution in [3.8, 4) is 11.4 Å². The highest BCUT2D eigenvalue weighted by Gasteiger charge is 2.44. The van der Waals surface area contributed by atoms with Crippen molar-refractivity contribution >= 4 is 11.8 Å². The summed E-state index contributed by atoms with van der Waals surface area (Å²) >= 11 is 0. The zero-order valence-corrected chi connectivity index (χ0v) is 17.9. The maximum absolute atomic E-state index is 12.4. The Labute approximate surface area is 189 Å². The predicted molar refractivity (Wildman–Crippen MR) is 118 cm³/mol. The summed E-state index contributed by atoms with van der Waals surface area (Å²) in [6, 6.07) is 16.7. The number of hydrogen-bond acceptors (Lipinski definition) is 6. The second-order valence-electron chi connectivity index (χ2n) is 8.05. The summed E-state index contributed by atoms with van der Waals surface area (Å²) in [6.07, 6.45) is 4.44. The van der Waals surface area contributed by atoms with Gasteiger partial charge in [0, 0.05) is 30.3 Å². The summed E-state index contributed by atoms with van der Waals surface area (Å²) in [5, 5.41) is 16.7. The van der Waals surface area contributed by atoms with Gasteiger partial charge in [0.2, 0.25) is 11.7 Å². The van der Waals surface area contributed by atoms with E-state index in [4.69, 9.17) is 0 Å². The van der Waals surface area contributed by atoms with Crippen LogP contribution in [0.15, 0.2) is 67.0 Å². The van der Waals surface area contributed by atoms with Gasteiger partial charge in [0.1, 0.15) is 0 Å². The SMILES string of the molecule is Cn1cc(C2CC2C(=O)NNC(=O)c2ccc(Cn3nnc(-c4ccccc4)n3)cc2)cn1. The minimum atomic E-state index is -0.376. The first-order valence-electron chi connectivity index (χ1n) is 10.6. The van der Waals surface area contributed by atoms with Gasteiger partial charge in [-0.3, -0.25) is 25.1 Å². The van der Waals surface area contributed by atoms with Crippen molar-refractivity contribution in [2.75, 3.05) is 0 Å². The largest absolute Gasteiger partial charge is 0.276 e. The van der Waals surface area contributed by atoms with Gasteiger partial charge >= 0.3 is 0 Å². The first kappa shape index (κ1) is 20.6. The molecule has 2 aromatic carbocycles. The third-order valence-electron chi connectivity index (χ3n) is 5.60. The van der Waals surface area contributed by atoms with E-state index in [1.807, 2.05) is 55.7 Å². The van der Waals surface area contributed by atoms with E-state index in [-0.39, 0.29) is 23.7 Å². The summed E-state index contributed by atoms with van der Waals surface area (Å²) in [5.41, 5.74) is 8.31. The van der Waals surface area contributed by atoms with Crippen molar-refractivity contribution in [2.24, 2.45) is 13.0 Å². The number of hydrazine groups is 1. The molecule has 2 aromatic heterocycles.